The summed E-state index contributed by atoms with van der Waals surface area (Å²) in [4.78, 5) is 0. The van der Waals surface area contributed by atoms with Crippen LogP contribution < -0.4 is 0 Å². The molecule has 63 valence electrons. The average Bonchev–Trinajstić information content (AvgIpc) is 2.08. The van der Waals surface area contributed by atoms with Crippen LogP contribution in [0.25, 0.3) is 0 Å². The minimum Gasteiger partial charge on any atom is -0.207 e. The SMILES string of the molecule is C=C[C](C)c1ccc(F)c(C)c1. The highest BCUT2D eigenvalue weighted by Gasteiger charge is 2.03. The van der Waals surface area contributed by atoms with Crippen molar-refractivity contribution in [2.45, 2.75) is 13.8 Å². The molecule has 1 rings (SSSR count). The molecule has 0 heterocycles. The summed E-state index contributed by atoms with van der Waals surface area (Å²) < 4.78 is 12.8. The maximum absolute atomic E-state index is 12.8. The fraction of sp³-hybridized carbons (Fsp3) is 0.182. The van der Waals surface area contributed by atoms with E-state index >= 15 is 0 Å². The molecule has 0 saturated carbocycles. The van der Waals surface area contributed by atoms with E-state index in [0.29, 0.717) is 5.56 Å². The summed E-state index contributed by atoms with van der Waals surface area (Å²) in [6, 6.07) is 5.07. The molecule has 0 aliphatic carbocycles. The van der Waals surface area contributed by atoms with Gasteiger partial charge in [-0.1, -0.05) is 25.1 Å². The molecule has 1 radical (unpaired) electrons. The summed E-state index contributed by atoms with van der Waals surface area (Å²) in [5.74, 6) is 0.911. The Morgan fingerprint density at radius 2 is 2.17 bits per heavy atom. The van der Waals surface area contributed by atoms with Crippen LogP contribution in [0.5, 0.6) is 0 Å². The van der Waals surface area contributed by atoms with Crippen molar-refractivity contribution in [1.29, 1.82) is 0 Å². The van der Waals surface area contributed by atoms with Gasteiger partial charge in [-0.15, -0.1) is 6.58 Å². The second-order valence-corrected chi connectivity index (χ2v) is 2.85. The van der Waals surface area contributed by atoms with Crippen molar-refractivity contribution in [3.05, 3.63) is 53.7 Å². The topological polar surface area (TPSA) is 0 Å². The molecule has 0 aliphatic rings. The molecule has 1 heteroatoms. The van der Waals surface area contributed by atoms with Crippen LogP contribution in [0.4, 0.5) is 4.39 Å². The number of allylic oxidation sites excluding steroid dienone is 1. The van der Waals surface area contributed by atoms with E-state index in [1.165, 1.54) is 6.07 Å². The summed E-state index contributed by atoms with van der Waals surface area (Å²) in [6.07, 6.45) is 1.77. The van der Waals surface area contributed by atoms with Crippen molar-refractivity contribution >= 4 is 0 Å². The normalized spacial score (nSPS) is 10.3. The van der Waals surface area contributed by atoms with Crippen LogP contribution in [0.1, 0.15) is 18.1 Å². The van der Waals surface area contributed by atoms with Crippen molar-refractivity contribution in [3.8, 4) is 0 Å². The Bertz CT molecular complexity index is 289. The number of aryl methyl sites for hydroxylation is 1. The molecule has 0 N–H and O–H groups in total. The van der Waals surface area contributed by atoms with Gasteiger partial charge in [0, 0.05) is 5.92 Å². The first-order valence-corrected chi connectivity index (χ1v) is 3.87. The van der Waals surface area contributed by atoms with Crippen molar-refractivity contribution in [1.82, 2.24) is 0 Å². The number of rotatable bonds is 2. The maximum Gasteiger partial charge on any atom is 0.126 e. The summed E-state index contributed by atoms with van der Waals surface area (Å²) in [7, 11) is 0. The van der Waals surface area contributed by atoms with Crippen LogP contribution in [0.2, 0.25) is 0 Å². The fourth-order valence-electron chi connectivity index (χ4n) is 1.01. The van der Waals surface area contributed by atoms with Crippen LogP contribution in [0.3, 0.4) is 0 Å². The predicted molar refractivity (Wildman–Crippen MR) is 49.4 cm³/mol. The van der Waals surface area contributed by atoms with E-state index in [2.05, 4.69) is 6.58 Å². The van der Waals surface area contributed by atoms with Gasteiger partial charge in [0.05, 0.1) is 0 Å². The van der Waals surface area contributed by atoms with Crippen molar-refractivity contribution in [2.75, 3.05) is 0 Å². The lowest BCUT2D eigenvalue weighted by atomic mass is 9.99. The Morgan fingerprint density at radius 3 is 2.67 bits per heavy atom. The Balaban J connectivity index is 3.04. The zero-order valence-electron chi connectivity index (χ0n) is 7.39. The quantitative estimate of drug-likeness (QED) is 0.627. The van der Waals surface area contributed by atoms with Crippen LogP contribution in [0.15, 0.2) is 30.9 Å². The van der Waals surface area contributed by atoms with Crippen LogP contribution in [-0.2, 0) is 0 Å². The summed E-state index contributed by atoms with van der Waals surface area (Å²) in [5, 5.41) is 0. The first-order valence-electron chi connectivity index (χ1n) is 3.87. The summed E-state index contributed by atoms with van der Waals surface area (Å²) >= 11 is 0. The number of halogens is 1. The molecule has 1 aromatic rings. The first-order chi connectivity index (χ1) is 5.65. The summed E-state index contributed by atoms with van der Waals surface area (Å²) in [5.41, 5.74) is 1.71. The minimum absolute atomic E-state index is 0.157. The van der Waals surface area contributed by atoms with Gasteiger partial charge in [-0.05, 0) is 24.1 Å². The van der Waals surface area contributed by atoms with Gasteiger partial charge < -0.3 is 0 Å². The van der Waals surface area contributed by atoms with Crippen molar-refractivity contribution < 1.29 is 4.39 Å². The summed E-state index contributed by atoms with van der Waals surface area (Å²) in [6.45, 7) is 7.38. The molecular formula is C11H12F. The van der Waals surface area contributed by atoms with Gasteiger partial charge in [0.15, 0.2) is 0 Å². The van der Waals surface area contributed by atoms with Gasteiger partial charge in [0.1, 0.15) is 5.82 Å². The van der Waals surface area contributed by atoms with Crippen molar-refractivity contribution in [2.24, 2.45) is 0 Å². The van der Waals surface area contributed by atoms with E-state index in [9.17, 15) is 4.39 Å². The van der Waals surface area contributed by atoms with Crippen molar-refractivity contribution in [3.63, 3.8) is 0 Å². The molecule has 0 unspecified atom stereocenters. The van der Waals surface area contributed by atoms with E-state index in [4.69, 9.17) is 0 Å². The predicted octanol–water partition coefficient (Wildman–Crippen LogP) is 3.26. The van der Waals surface area contributed by atoms with E-state index in [0.717, 1.165) is 11.5 Å². The fourth-order valence-corrected chi connectivity index (χ4v) is 1.01. The first kappa shape index (κ1) is 8.98. The molecule has 12 heavy (non-hydrogen) atoms. The lowest BCUT2D eigenvalue weighted by Crippen LogP contribution is -1.92. The number of hydrogen-bond donors (Lipinski definition) is 0. The maximum atomic E-state index is 12.8. The Kier molecular flexibility index (Phi) is 2.64. The van der Waals surface area contributed by atoms with Crippen LogP contribution in [0, 0.1) is 18.7 Å². The zero-order chi connectivity index (χ0) is 9.14. The number of hydrogen-bond acceptors (Lipinski definition) is 0. The van der Waals surface area contributed by atoms with Gasteiger partial charge in [-0.2, -0.15) is 0 Å². The standard InChI is InChI=1S/C11H12F/c1-4-8(2)10-5-6-11(12)9(3)7-10/h4-7H,1H2,2-3H3. The van der Waals surface area contributed by atoms with E-state index < -0.39 is 0 Å². The molecule has 0 aliphatic heterocycles. The van der Waals surface area contributed by atoms with Gasteiger partial charge in [-0.25, -0.2) is 4.39 Å². The largest absolute Gasteiger partial charge is 0.207 e. The second-order valence-electron chi connectivity index (χ2n) is 2.85. The Labute approximate surface area is 72.7 Å². The molecule has 0 fully saturated rings. The van der Waals surface area contributed by atoms with E-state index in [1.54, 1.807) is 19.1 Å². The second kappa shape index (κ2) is 3.53. The monoisotopic (exact) mass is 163 g/mol. The molecule has 0 spiro atoms. The third-order valence-corrected chi connectivity index (χ3v) is 1.92. The third kappa shape index (κ3) is 1.73. The van der Waals surface area contributed by atoms with E-state index in [1.807, 2.05) is 13.0 Å². The smallest absolute Gasteiger partial charge is 0.126 e. The molecule has 0 saturated heterocycles. The minimum atomic E-state index is -0.157. The number of benzene rings is 1. The lowest BCUT2D eigenvalue weighted by Gasteiger charge is -2.06. The Hall–Kier alpha value is -1.11. The molecular weight excluding hydrogens is 151 g/mol. The lowest BCUT2D eigenvalue weighted by molar-refractivity contribution is 0.618. The van der Waals surface area contributed by atoms with E-state index in [-0.39, 0.29) is 5.82 Å². The average molecular weight is 163 g/mol. The molecule has 1 aromatic carbocycles. The molecule has 0 atom stereocenters. The van der Waals surface area contributed by atoms with Crippen LogP contribution in [-0.4, -0.2) is 0 Å². The third-order valence-electron chi connectivity index (χ3n) is 1.92. The van der Waals surface area contributed by atoms with Gasteiger partial charge in [0.2, 0.25) is 0 Å². The highest BCUT2D eigenvalue weighted by Crippen LogP contribution is 2.17. The van der Waals surface area contributed by atoms with Crippen LogP contribution >= 0.6 is 0 Å². The van der Waals surface area contributed by atoms with Gasteiger partial charge in [-0.3, -0.25) is 0 Å². The highest BCUT2D eigenvalue weighted by atomic mass is 19.1. The zero-order valence-corrected chi connectivity index (χ0v) is 7.39. The molecule has 0 aromatic heterocycles. The molecule has 0 nitrogen and oxygen atoms in total. The van der Waals surface area contributed by atoms with Gasteiger partial charge in [0.25, 0.3) is 0 Å². The molecule has 0 amide bonds. The Morgan fingerprint density at radius 1 is 1.50 bits per heavy atom. The molecule has 0 bridgehead atoms. The van der Waals surface area contributed by atoms with Gasteiger partial charge >= 0.3 is 0 Å². The highest BCUT2D eigenvalue weighted by molar-refractivity contribution is 5.37.